The summed E-state index contributed by atoms with van der Waals surface area (Å²) in [5, 5.41) is 0. The molecule has 1 saturated carbocycles. The minimum atomic E-state index is -4.55. The predicted octanol–water partition coefficient (Wildman–Crippen LogP) is 4.87. The van der Waals surface area contributed by atoms with Crippen molar-refractivity contribution in [2.45, 2.75) is 51.3 Å². The van der Waals surface area contributed by atoms with Gasteiger partial charge in [0, 0.05) is 5.56 Å². The van der Waals surface area contributed by atoms with E-state index in [0.717, 1.165) is 38.2 Å². The van der Waals surface area contributed by atoms with Gasteiger partial charge in [-0.3, -0.25) is 4.79 Å². The van der Waals surface area contributed by atoms with Crippen molar-refractivity contribution >= 4 is 6.29 Å². The van der Waals surface area contributed by atoms with Crippen LogP contribution in [0.1, 0.15) is 54.9 Å². The highest BCUT2D eigenvalue weighted by molar-refractivity contribution is 5.78. The number of ether oxygens (including phenoxy) is 1. The molecule has 2 nitrogen and oxygen atoms in total. The lowest BCUT2D eigenvalue weighted by Gasteiger charge is -2.31. The summed E-state index contributed by atoms with van der Waals surface area (Å²) in [7, 11) is 0. The highest BCUT2D eigenvalue weighted by atomic mass is 19.4. The van der Waals surface area contributed by atoms with Crippen molar-refractivity contribution in [1.82, 2.24) is 0 Å². The third kappa shape index (κ3) is 3.77. The van der Waals surface area contributed by atoms with Gasteiger partial charge < -0.3 is 4.74 Å². The van der Waals surface area contributed by atoms with Crippen LogP contribution in [0.3, 0.4) is 0 Å². The van der Waals surface area contributed by atoms with Crippen LogP contribution in [0.5, 0.6) is 5.75 Å². The van der Waals surface area contributed by atoms with Crippen LogP contribution in [0.25, 0.3) is 0 Å². The molecule has 21 heavy (non-hydrogen) atoms. The Morgan fingerprint density at radius 1 is 1.29 bits per heavy atom. The summed E-state index contributed by atoms with van der Waals surface area (Å²) < 4.78 is 44.5. The molecule has 2 atom stereocenters. The lowest BCUT2D eigenvalue weighted by molar-refractivity contribution is -0.138. The van der Waals surface area contributed by atoms with Gasteiger partial charge in [0.25, 0.3) is 0 Å². The largest absolute Gasteiger partial charge is 0.490 e. The molecule has 1 aromatic rings. The SMILES string of the molecule is CCC1CCCCC1Oc1ccc(C=O)c(C(F)(F)F)c1. The Hall–Kier alpha value is -1.52. The Balaban J connectivity index is 2.22. The van der Waals surface area contributed by atoms with E-state index in [0.29, 0.717) is 5.92 Å². The molecule has 1 aromatic carbocycles. The predicted molar refractivity (Wildman–Crippen MR) is 73.5 cm³/mol. The molecule has 0 spiro atoms. The summed E-state index contributed by atoms with van der Waals surface area (Å²) in [4.78, 5) is 10.7. The normalized spacial score (nSPS) is 22.9. The minimum Gasteiger partial charge on any atom is -0.490 e. The summed E-state index contributed by atoms with van der Waals surface area (Å²) in [6.07, 6.45) is 0.717. The maximum Gasteiger partial charge on any atom is 0.417 e. The van der Waals surface area contributed by atoms with Gasteiger partial charge in [-0.25, -0.2) is 0 Å². The van der Waals surface area contributed by atoms with E-state index in [1.165, 1.54) is 12.1 Å². The molecule has 1 fully saturated rings. The van der Waals surface area contributed by atoms with Gasteiger partial charge in [0.1, 0.15) is 11.9 Å². The summed E-state index contributed by atoms with van der Waals surface area (Å²) in [5.74, 6) is 0.581. The number of alkyl halides is 3. The van der Waals surface area contributed by atoms with Crippen LogP contribution in [-0.2, 0) is 6.18 Å². The molecule has 0 heterocycles. The van der Waals surface area contributed by atoms with Gasteiger partial charge in [0.05, 0.1) is 5.56 Å². The van der Waals surface area contributed by atoms with Crippen LogP contribution >= 0.6 is 0 Å². The van der Waals surface area contributed by atoms with E-state index in [1.807, 2.05) is 0 Å². The fourth-order valence-corrected chi connectivity index (χ4v) is 2.93. The number of rotatable bonds is 4. The van der Waals surface area contributed by atoms with Gasteiger partial charge >= 0.3 is 6.18 Å². The maximum atomic E-state index is 12.9. The van der Waals surface area contributed by atoms with Gasteiger partial charge in [-0.05, 0) is 49.8 Å². The molecule has 0 aliphatic heterocycles. The molecule has 0 bridgehead atoms. The molecule has 0 N–H and O–H groups in total. The van der Waals surface area contributed by atoms with E-state index in [4.69, 9.17) is 4.74 Å². The number of hydrogen-bond donors (Lipinski definition) is 0. The van der Waals surface area contributed by atoms with E-state index in [1.54, 1.807) is 0 Å². The fourth-order valence-electron chi connectivity index (χ4n) is 2.93. The highest BCUT2D eigenvalue weighted by Crippen LogP contribution is 2.36. The summed E-state index contributed by atoms with van der Waals surface area (Å²) in [6, 6.07) is 3.56. The monoisotopic (exact) mass is 300 g/mol. The third-order valence-electron chi connectivity index (χ3n) is 4.11. The second-order valence-corrected chi connectivity index (χ2v) is 5.47. The Kier molecular flexibility index (Phi) is 4.91. The zero-order chi connectivity index (χ0) is 15.5. The van der Waals surface area contributed by atoms with Crippen LogP contribution in [0.15, 0.2) is 18.2 Å². The summed E-state index contributed by atoms with van der Waals surface area (Å²) in [5.41, 5.74) is -1.29. The Morgan fingerprint density at radius 2 is 2.00 bits per heavy atom. The quantitative estimate of drug-likeness (QED) is 0.742. The zero-order valence-electron chi connectivity index (χ0n) is 12.0. The number of hydrogen-bond acceptors (Lipinski definition) is 2. The van der Waals surface area contributed by atoms with Crippen LogP contribution in [-0.4, -0.2) is 12.4 Å². The molecule has 5 heteroatoms. The number of aldehydes is 1. The van der Waals surface area contributed by atoms with Crippen LogP contribution in [0.2, 0.25) is 0 Å². The Morgan fingerprint density at radius 3 is 2.62 bits per heavy atom. The van der Waals surface area contributed by atoms with Crippen LogP contribution < -0.4 is 4.74 Å². The van der Waals surface area contributed by atoms with E-state index in [9.17, 15) is 18.0 Å². The highest BCUT2D eigenvalue weighted by Gasteiger charge is 2.34. The number of halogens is 3. The molecule has 1 aliphatic carbocycles. The average molecular weight is 300 g/mol. The number of benzene rings is 1. The number of carbonyl (C=O) groups excluding carboxylic acids is 1. The van der Waals surface area contributed by atoms with Crippen molar-refractivity contribution < 1.29 is 22.7 Å². The average Bonchev–Trinajstić information content (AvgIpc) is 2.47. The first-order valence-corrected chi connectivity index (χ1v) is 7.28. The first-order valence-electron chi connectivity index (χ1n) is 7.28. The Bertz CT molecular complexity index is 497. The molecular formula is C16H19F3O2. The summed E-state index contributed by atoms with van der Waals surface area (Å²) >= 11 is 0. The van der Waals surface area contributed by atoms with Gasteiger partial charge in [0.2, 0.25) is 0 Å². The Labute approximate surface area is 122 Å². The lowest BCUT2D eigenvalue weighted by atomic mass is 9.85. The molecule has 0 radical (unpaired) electrons. The minimum absolute atomic E-state index is 0.0353. The third-order valence-corrected chi connectivity index (χ3v) is 4.11. The van der Waals surface area contributed by atoms with Crippen molar-refractivity contribution in [3.63, 3.8) is 0 Å². The van der Waals surface area contributed by atoms with Crippen LogP contribution in [0.4, 0.5) is 13.2 Å². The van der Waals surface area contributed by atoms with Crippen molar-refractivity contribution in [3.8, 4) is 5.75 Å². The zero-order valence-corrected chi connectivity index (χ0v) is 12.0. The fraction of sp³-hybridized carbons (Fsp3) is 0.562. The molecule has 0 aromatic heterocycles. The van der Waals surface area contributed by atoms with E-state index in [2.05, 4.69) is 6.92 Å². The van der Waals surface area contributed by atoms with E-state index in [-0.39, 0.29) is 23.7 Å². The number of carbonyl (C=O) groups is 1. The second kappa shape index (κ2) is 6.50. The molecule has 0 amide bonds. The topological polar surface area (TPSA) is 26.3 Å². The van der Waals surface area contributed by atoms with Gasteiger partial charge in [0.15, 0.2) is 6.29 Å². The van der Waals surface area contributed by atoms with Crippen molar-refractivity contribution in [1.29, 1.82) is 0 Å². The standard InChI is InChI=1S/C16H19F3O2/c1-2-11-5-3-4-6-15(11)21-13-8-7-12(10-20)14(9-13)16(17,18)19/h7-11,15H,2-6H2,1H3. The molecule has 116 valence electrons. The molecular weight excluding hydrogens is 281 g/mol. The molecule has 1 aliphatic rings. The first-order chi connectivity index (χ1) is 9.95. The van der Waals surface area contributed by atoms with Crippen molar-refractivity contribution in [2.24, 2.45) is 5.92 Å². The van der Waals surface area contributed by atoms with E-state index >= 15 is 0 Å². The molecule has 2 rings (SSSR count). The molecule has 0 saturated heterocycles. The van der Waals surface area contributed by atoms with Crippen LogP contribution in [0, 0.1) is 5.92 Å². The summed E-state index contributed by atoms with van der Waals surface area (Å²) in [6.45, 7) is 2.07. The van der Waals surface area contributed by atoms with Gasteiger partial charge in [-0.2, -0.15) is 13.2 Å². The maximum absolute atomic E-state index is 12.9. The van der Waals surface area contributed by atoms with Crippen molar-refractivity contribution in [2.75, 3.05) is 0 Å². The van der Waals surface area contributed by atoms with Crippen molar-refractivity contribution in [3.05, 3.63) is 29.3 Å². The first kappa shape index (κ1) is 15.9. The second-order valence-electron chi connectivity index (χ2n) is 5.47. The smallest absolute Gasteiger partial charge is 0.417 e. The van der Waals surface area contributed by atoms with Gasteiger partial charge in [-0.1, -0.05) is 13.3 Å². The van der Waals surface area contributed by atoms with E-state index < -0.39 is 11.7 Å². The lowest BCUT2D eigenvalue weighted by Crippen LogP contribution is -2.30. The molecule has 2 unspecified atom stereocenters. The van der Waals surface area contributed by atoms with Gasteiger partial charge in [-0.15, -0.1) is 0 Å².